The molecular weight excluding hydrogens is 246 g/mol. The lowest BCUT2D eigenvalue weighted by Gasteiger charge is -2.13. The van der Waals surface area contributed by atoms with Crippen LogP contribution in [0.25, 0.3) is 5.69 Å². The van der Waals surface area contributed by atoms with Crippen LogP contribution in [0.15, 0.2) is 60.9 Å². The summed E-state index contributed by atoms with van der Waals surface area (Å²) in [6.45, 7) is 4.20. The van der Waals surface area contributed by atoms with E-state index in [0.717, 1.165) is 17.3 Å². The summed E-state index contributed by atoms with van der Waals surface area (Å²) < 4.78 is 2.05. The fraction of sp³-hybridized carbons (Fsp3) is 0.118. The van der Waals surface area contributed by atoms with E-state index in [4.69, 9.17) is 0 Å². The zero-order valence-corrected chi connectivity index (χ0v) is 11.7. The minimum atomic E-state index is 0.827. The van der Waals surface area contributed by atoms with E-state index in [2.05, 4.69) is 54.5 Å². The van der Waals surface area contributed by atoms with Crippen LogP contribution in [0.4, 0.5) is 11.6 Å². The largest absolute Gasteiger partial charge is 0.325 e. The summed E-state index contributed by atoms with van der Waals surface area (Å²) in [6, 6.07) is 16.5. The van der Waals surface area contributed by atoms with Gasteiger partial charge in [-0.2, -0.15) is 0 Å². The van der Waals surface area contributed by atoms with Gasteiger partial charge in [-0.15, -0.1) is 0 Å². The van der Waals surface area contributed by atoms with Gasteiger partial charge < -0.3 is 5.32 Å². The Morgan fingerprint density at radius 3 is 2.30 bits per heavy atom. The van der Waals surface area contributed by atoms with Crippen molar-refractivity contribution in [3.8, 4) is 5.69 Å². The highest BCUT2D eigenvalue weighted by molar-refractivity contribution is 5.64. The first-order valence-corrected chi connectivity index (χ1v) is 6.68. The summed E-state index contributed by atoms with van der Waals surface area (Å²) in [5, 5.41) is 3.44. The quantitative estimate of drug-likeness (QED) is 0.766. The maximum atomic E-state index is 4.42. The van der Waals surface area contributed by atoms with Gasteiger partial charge in [0.1, 0.15) is 0 Å². The van der Waals surface area contributed by atoms with Gasteiger partial charge in [0.25, 0.3) is 0 Å². The Hall–Kier alpha value is -2.55. The fourth-order valence-corrected chi connectivity index (χ4v) is 2.32. The van der Waals surface area contributed by atoms with E-state index in [1.165, 1.54) is 11.1 Å². The third-order valence-electron chi connectivity index (χ3n) is 3.39. The lowest BCUT2D eigenvalue weighted by Crippen LogP contribution is -2.03. The van der Waals surface area contributed by atoms with Crippen LogP contribution >= 0.6 is 0 Å². The molecule has 0 unspecified atom stereocenters. The van der Waals surface area contributed by atoms with E-state index in [-0.39, 0.29) is 0 Å². The minimum absolute atomic E-state index is 0.827. The Morgan fingerprint density at radius 2 is 1.60 bits per heavy atom. The average molecular weight is 263 g/mol. The van der Waals surface area contributed by atoms with E-state index in [9.17, 15) is 0 Å². The molecule has 3 aromatic rings. The van der Waals surface area contributed by atoms with Crippen LogP contribution in [-0.4, -0.2) is 9.55 Å². The average Bonchev–Trinajstić information content (AvgIpc) is 2.92. The Kier molecular flexibility index (Phi) is 3.25. The molecule has 3 rings (SSSR count). The van der Waals surface area contributed by atoms with Crippen LogP contribution in [0.3, 0.4) is 0 Å². The maximum Gasteiger partial charge on any atom is 0.212 e. The van der Waals surface area contributed by atoms with Crippen molar-refractivity contribution in [1.29, 1.82) is 0 Å². The molecule has 3 nitrogen and oxygen atoms in total. The second-order valence-electron chi connectivity index (χ2n) is 4.85. The van der Waals surface area contributed by atoms with E-state index in [0.29, 0.717) is 0 Å². The highest BCUT2D eigenvalue weighted by Gasteiger charge is 2.08. The van der Waals surface area contributed by atoms with E-state index in [1.807, 2.05) is 35.2 Å². The van der Waals surface area contributed by atoms with E-state index in [1.54, 1.807) is 0 Å². The van der Waals surface area contributed by atoms with Gasteiger partial charge in [-0.1, -0.05) is 36.4 Å². The topological polar surface area (TPSA) is 29.9 Å². The number of para-hydroxylation sites is 2. The van der Waals surface area contributed by atoms with Crippen LogP contribution in [0, 0.1) is 13.8 Å². The molecule has 0 atom stereocenters. The zero-order valence-electron chi connectivity index (χ0n) is 11.7. The number of rotatable bonds is 3. The number of anilines is 2. The van der Waals surface area contributed by atoms with Crippen molar-refractivity contribution < 1.29 is 0 Å². The molecule has 0 radical (unpaired) electrons. The normalized spacial score (nSPS) is 10.5. The Labute approximate surface area is 118 Å². The molecule has 0 aliphatic heterocycles. The van der Waals surface area contributed by atoms with Gasteiger partial charge in [0.2, 0.25) is 5.95 Å². The van der Waals surface area contributed by atoms with Crippen LogP contribution in [0.2, 0.25) is 0 Å². The van der Waals surface area contributed by atoms with Gasteiger partial charge in [-0.3, -0.25) is 4.57 Å². The first-order chi connectivity index (χ1) is 9.75. The molecule has 0 saturated heterocycles. The Bertz CT molecular complexity index is 694. The second kappa shape index (κ2) is 5.21. The van der Waals surface area contributed by atoms with Crippen LogP contribution in [0.5, 0.6) is 0 Å². The second-order valence-corrected chi connectivity index (χ2v) is 4.85. The van der Waals surface area contributed by atoms with Crippen LogP contribution < -0.4 is 5.32 Å². The zero-order chi connectivity index (χ0) is 13.9. The van der Waals surface area contributed by atoms with Crippen molar-refractivity contribution in [2.45, 2.75) is 13.8 Å². The molecule has 0 fully saturated rings. The number of aryl methyl sites for hydroxylation is 2. The number of nitrogens with one attached hydrogen (secondary N) is 1. The molecule has 0 amide bonds. The molecule has 0 aliphatic rings. The van der Waals surface area contributed by atoms with Crippen molar-refractivity contribution in [3.63, 3.8) is 0 Å². The maximum absolute atomic E-state index is 4.42. The third-order valence-corrected chi connectivity index (χ3v) is 3.39. The summed E-state index contributed by atoms with van der Waals surface area (Å²) in [5.41, 5.74) is 4.65. The SMILES string of the molecule is Cc1cccc(C)c1Nc1nccn1-c1ccccc1. The monoisotopic (exact) mass is 263 g/mol. The van der Waals surface area contributed by atoms with E-state index >= 15 is 0 Å². The van der Waals surface area contributed by atoms with Crippen LogP contribution in [0.1, 0.15) is 11.1 Å². The highest BCUT2D eigenvalue weighted by atomic mass is 15.2. The summed E-state index contributed by atoms with van der Waals surface area (Å²) >= 11 is 0. The lowest BCUT2D eigenvalue weighted by molar-refractivity contribution is 1.06. The predicted octanol–water partition coefficient (Wildman–Crippen LogP) is 4.23. The van der Waals surface area contributed by atoms with Crippen molar-refractivity contribution in [2.75, 3.05) is 5.32 Å². The number of nitrogens with zero attached hydrogens (tertiary/aromatic N) is 2. The van der Waals surface area contributed by atoms with Gasteiger partial charge in [-0.25, -0.2) is 4.98 Å². The summed E-state index contributed by atoms with van der Waals surface area (Å²) in [6.07, 6.45) is 3.77. The number of benzene rings is 2. The van der Waals surface area contributed by atoms with Gasteiger partial charge in [0.15, 0.2) is 0 Å². The fourth-order valence-electron chi connectivity index (χ4n) is 2.32. The highest BCUT2D eigenvalue weighted by Crippen LogP contribution is 2.24. The minimum Gasteiger partial charge on any atom is -0.325 e. The number of aromatic nitrogens is 2. The Balaban J connectivity index is 1.99. The molecule has 0 spiro atoms. The van der Waals surface area contributed by atoms with Gasteiger partial charge >= 0.3 is 0 Å². The lowest BCUT2D eigenvalue weighted by atomic mass is 10.1. The standard InChI is InChI=1S/C17H17N3/c1-13-7-6-8-14(2)16(13)19-17-18-11-12-20(17)15-9-4-3-5-10-15/h3-12H,1-2H3,(H,18,19). The van der Waals surface area contributed by atoms with Crippen molar-refractivity contribution >= 4 is 11.6 Å². The molecule has 100 valence electrons. The van der Waals surface area contributed by atoms with Gasteiger partial charge in [0, 0.05) is 23.8 Å². The molecule has 1 heterocycles. The molecule has 0 aliphatic carbocycles. The van der Waals surface area contributed by atoms with Crippen molar-refractivity contribution in [3.05, 3.63) is 72.1 Å². The third kappa shape index (κ3) is 2.30. The smallest absolute Gasteiger partial charge is 0.212 e. The molecule has 1 aromatic heterocycles. The van der Waals surface area contributed by atoms with Gasteiger partial charge in [0.05, 0.1) is 0 Å². The van der Waals surface area contributed by atoms with E-state index < -0.39 is 0 Å². The Morgan fingerprint density at radius 1 is 0.900 bits per heavy atom. The van der Waals surface area contributed by atoms with Gasteiger partial charge in [-0.05, 0) is 37.1 Å². The molecular formula is C17H17N3. The number of imidazole rings is 1. The molecule has 0 saturated carbocycles. The molecule has 0 bridgehead atoms. The molecule has 20 heavy (non-hydrogen) atoms. The van der Waals surface area contributed by atoms with Crippen molar-refractivity contribution in [1.82, 2.24) is 9.55 Å². The molecule has 2 aromatic carbocycles. The number of hydrogen-bond donors (Lipinski definition) is 1. The molecule has 1 N–H and O–H groups in total. The predicted molar refractivity (Wildman–Crippen MR) is 82.8 cm³/mol. The summed E-state index contributed by atoms with van der Waals surface area (Å²) in [4.78, 5) is 4.42. The number of hydrogen-bond acceptors (Lipinski definition) is 2. The van der Waals surface area contributed by atoms with Crippen molar-refractivity contribution in [2.24, 2.45) is 0 Å². The summed E-state index contributed by atoms with van der Waals surface area (Å²) in [5.74, 6) is 0.827. The summed E-state index contributed by atoms with van der Waals surface area (Å²) in [7, 11) is 0. The van der Waals surface area contributed by atoms with Crippen LogP contribution in [-0.2, 0) is 0 Å². The first-order valence-electron chi connectivity index (χ1n) is 6.68. The first kappa shape index (κ1) is 12.5. The molecule has 3 heteroatoms.